The summed E-state index contributed by atoms with van der Waals surface area (Å²) in [7, 11) is 0. The molecule has 1 aromatic heterocycles. The molecule has 0 bridgehead atoms. The number of rotatable bonds is 6. The van der Waals surface area contributed by atoms with Crippen LogP contribution in [-0.2, 0) is 0 Å². The fourth-order valence-electron chi connectivity index (χ4n) is 2.69. The fourth-order valence-corrected chi connectivity index (χ4v) is 3.46. The van der Waals surface area contributed by atoms with Crippen molar-refractivity contribution in [2.24, 2.45) is 0 Å². The average molecular weight is 345 g/mol. The lowest BCUT2D eigenvalue weighted by Crippen LogP contribution is -2.29. The Kier molecular flexibility index (Phi) is 5.87. The largest absolute Gasteiger partial charge is 0.350 e. The minimum Gasteiger partial charge on any atom is -0.350 e. The van der Waals surface area contributed by atoms with Crippen LogP contribution >= 0.6 is 11.8 Å². The molecule has 0 atom stereocenters. The van der Waals surface area contributed by atoms with Gasteiger partial charge in [0.1, 0.15) is 0 Å². The summed E-state index contributed by atoms with van der Waals surface area (Å²) in [5.74, 6) is 0.678. The molecule has 2 aromatic rings. The van der Waals surface area contributed by atoms with Gasteiger partial charge in [-0.15, -0.1) is 16.9 Å². The van der Waals surface area contributed by atoms with Crippen molar-refractivity contribution in [3.05, 3.63) is 41.7 Å². The SMILES string of the molecule is Cc1ccc(SCCNC(=O)c2cn(C3CCNCC3)nn2)cc1. The van der Waals surface area contributed by atoms with Crippen molar-refractivity contribution in [2.75, 3.05) is 25.4 Å². The molecular weight excluding hydrogens is 322 g/mol. The highest BCUT2D eigenvalue weighted by Gasteiger charge is 2.18. The van der Waals surface area contributed by atoms with E-state index in [1.807, 2.05) is 4.68 Å². The van der Waals surface area contributed by atoms with E-state index < -0.39 is 0 Å². The first-order chi connectivity index (χ1) is 11.7. The molecule has 2 N–H and O–H groups in total. The normalized spacial score (nSPS) is 15.4. The zero-order valence-corrected chi connectivity index (χ0v) is 14.7. The summed E-state index contributed by atoms with van der Waals surface area (Å²) in [6.45, 7) is 4.66. The van der Waals surface area contributed by atoms with E-state index in [0.29, 0.717) is 18.3 Å². The molecule has 24 heavy (non-hydrogen) atoms. The van der Waals surface area contributed by atoms with Crippen molar-refractivity contribution >= 4 is 17.7 Å². The Balaban J connectivity index is 1.43. The van der Waals surface area contributed by atoms with Gasteiger partial charge in [-0.3, -0.25) is 4.79 Å². The maximum Gasteiger partial charge on any atom is 0.273 e. The number of carbonyl (C=O) groups is 1. The van der Waals surface area contributed by atoms with Gasteiger partial charge >= 0.3 is 0 Å². The van der Waals surface area contributed by atoms with E-state index in [1.165, 1.54) is 10.5 Å². The van der Waals surface area contributed by atoms with Crippen LogP contribution in [0.15, 0.2) is 35.4 Å². The van der Waals surface area contributed by atoms with Gasteiger partial charge in [0.25, 0.3) is 5.91 Å². The topological polar surface area (TPSA) is 71.8 Å². The van der Waals surface area contributed by atoms with Crippen LogP contribution in [0.3, 0.4) is 0 Å². The molecule has 1 amide bonds. The van der Waals surface area contributed by atoms with E-state index in [9.17, 15) is 4.79 Å². The molecule has 0 radical (unpaired) electrons. The lowest BCUT2D eigenvalue weighted by atomic mass is 10.1. The van der Waals surface area contributed by atoms with Gasteiger partial charge < -0.3 is 10.6 Å². The number of benzene rings is 1. The van der Waals surface area contributed by atoms with Crippen LogP contribution in [-0.4, -0.2) is 46.3 Å². The van der Waals surface area contributed by atoms with E-state index in [2.05, 4.69) is 52.1 Å². The van der Waals surface area contributed by atoms with Crippen molar-refractivity contribution < 1.29 is 4.79 Å². The first-order valence-corrected chi connectivity index (χ1v) is 9.31. The van der Waals surface area contributed by atoms with Gasteiger partial charge in [-0.25, -0.2) is 4.68 Å². The van der Waals surface area contributed by atoms with Gasteiger partial charge in [0.15, 0.2) is 5.69 Å². The third-order valence-electron chi connectivity index (χ3n) is 4.10. The van der Waals surface area contributed by atoms with Crippen LogP contribution in [0, 0.1) is 6.92 Å². The minimum absolute atomic E-state index is 0.153. The number of nitrogens with one attached hydrogen (secondary N) is 2. The summed E-state index contributed by atoms with van der Waals surface area (Å²) in [6.07, 6.45) is 3.81. The van der Waals surface area contributed by atoms with Crippen LogP contribution < -0.4 is 10.6 Å². The lowest BCUT2D eigenvalue weighted by molar-refractivity contribution is 0.0951. The van der Waals surface area contributed by atoms with E-state index in [0.717, 1.165) is 31.7 Å². The lowest BCUT2D eigenvalue weighted by Gasteiger charge is -2.22. The van der Waals surface area contributed by atoms with Crippen LogP contribution in [0.5, 0.6) is 0 Å². The van der Waals surface area contributed by atoms with Crippen LogP contribution in [0.2, 0.25) is 0 Å². The van der Waals surface area contributed by atoms with Gasteiger partial charge in [-0.05, 0) is 45.0 Å². The van der Waals surface area contributed by atoms with E-state index in [1.54, 1.807) is 18.0 Å². The van der Waals surface area contributed by atoms with Crippen molar-refractivity contribution in [1.29, 1.82) is 0 Å². The number of aryl methyl sites for hydroxylation is 1. The van der Waals surface area contributed by atoms with Gasteiger partial charge in [-0.1, -0.05) is 22.9 Å². The van der Waals surface area contributed by atoms with Crippen molar-refractivity contribution in [3.63, 3.8) is 0 Å². The average Bonchev–Trinajstić information content (AvgIpc) is 3.11. The maximum atomic E-state index is 12.1. The van der Waals surface area contributed by atoms with E-state index >= 15 is 0 Å². The van der Waals surface area contributed by atoms with Gasteiger partial charge in [0.2, 0.25) is 0 Å². The smallest absolute Gasteiger partial charge is 0.273 e. The minimum atomic E-state index is -0.153. The molecule has 2 heterocycles. The Morgan fingerprint density at radius 3 is 2.83 bits per heavy atom. The summed E-state index contributed by atoms with van der Waals surface area (Å²) in [4.78, 5) is 13.4. The van der Waals surface area contributed by atoms with Gasteiger partial charge in [0, 0.05) is 17.2 Å². The van der Waals surface area contributed by atoms with Crippen molar-refractivity contribution in [2.45, 2.75) is 30.7 Å². The third kappa shape index (κ3) is 4.58. The summed E-state index contributed by atoms with van der Waals surface area (Å²) in [5.41, 5.74) is 1.65. The van der Waals surface area contributed by atoms with Gasteiger partial charge in [-0.2, -0.15) is 0 Å². The number of carbonyl (C=O) groups excluding carboxylic acids is 1. The first-order valence-electron chi connectivity index (χ1n) is 8.32. The molecule has 0 saturated carbocycles. The molecule has 1 fully saturated rings. The van der Waals surface area contributed by atoms with E-state index in [-0.39, 0.29) is 5.91 Å². The highest BCUT2D eigenvalue weighted by atomic mass is 32.2. The predicted molar refractivity (Wildman–Crippen MR) is 95.4 cm³/mol. The van der Waals surface area contributed by atoms with Crippen LogP contribution in [0.25, 0.3) is 0 Å². The second-order valence-electron chi connectivity index (χ2n) is 5.98. The summed E-state index contributed by atoms with van der Waals surface area (Å²) in [5, 5.41) is 14.4. The predicted octanol–water partition coefficient (Wildman–Crippen LogP) is 2.03. The highest BCUT2D eigenvalue weighted by molar-refractivity contribution is 7.99. The van der Waals surface area contributed by atoms with Crippen molar-refractivity contribution in [3.8, 4) is 0 Å². The monoisotopic (exact) mass is 345 g/mol. The fraction of sp³-hybridized carbons (Fsp3) is 0.471. The Hall–Kier alpha value is -1.86. The summed E-state index contributed by atoms with van der Waals surface area (Å²) in [6, 6.07) is 8.75. The molecule has 1 saturated heterocycles. The Morgan fingerprint density at radius 1 is 1.33 bits per heavy atom. The number of hydrogen-bond donors (Lipinski definition) is 2. The molecule has 6 nitrogen and oxygen atoms in total. The number of nitrogens with zero attached hydrogens (tertiary/aromatic N) is 3. The number of amides is 1. The second kappa shape index (κ2) is 8.30. The molecule has 0 aliphatic carbocycles. The molecule has 0 unspecified atom stereocenters. The number of hydrogen-bond acceptors (Lipinski definition) is 5. The van der Waals surface area contributed by atoms with E-state index in [4.69, 9.17) is 0 Å². The first kappa shape index (κ1) is 17.0. The van der Waals surface area contributed by atoms with Gasteiger partial charge in [0.05, 0.1) is 12.2 Å². The molecular formula is C17H23N5OS. The standard InChI is InChI=1S/C17H23N5OS/c1-13-2-4-15(5-3-13)24-11-10-19-17(23)16-12-22(21-20-16)14-6-8-18-9-7-14/h2-5,12,14,18H,6-11H2,1H3,(H,19,23). The number of aromatic nitrogens is 3. The quantitative estimate of drug-likeness (QED) is 0.619. The molecule has 0 spiro atoms. The maximum absolute atomic E-state index is 12.1. The van der Waals surface area contributed by atoms with Crippen LogP contribution in [0.1, 0.15) is 34.9 Å². The van der Waals surface area contributed by atoms with Crippen LogP contribution in [0.4, 0.5) is 0 Å². The molecule has 128 valence electrons. The Labute approximate surface area is 146 Å². The molecule has 7 heteroatoms. The summed E-state index contributed by atoms with van der Waals surface area (Å²) < 4.78 is 1.83. The second-order valence-corrected chi connectivity index (χ2v) is 7.15. The molecule has 1 aliphatic rings. The molecule has 1 aliphatic heterocycles. The zero-order chi connectivity index (χ0) is 16.8. The zero-order valence-electron chi connectivity index (χ0n) is 13.9. The Morgan fingerprint density at radius 2 is 2.08 bits per heavy atom. The number of thioether (sulfide) groups is 1. The van der Waals surface area contributed by atoms with Crippen molar-refractivity contribution in [1.82, 2.24) is 25.6 Å². The summed E-state index contributed by atoms with van der Waals surface area (Å²) >= 11 is 1.73. The highest BCUT2D eigenvalue weighted by Crippen LogP contribution is 2.18. The third-order valence-corrected chi connectivity index (χ3v) is 5.12. The Bertz CT molecular complexity index is 664. The number of piperidine rings is 1. The molecule has 1 aromatic carbocycles. The molecule has 3 rings (SSSR count).